The molecule has 9 heteroatoms. The lowest BCUT2D eigenvalue weighted by atomic mass is 10.0. The lowest BCUT2D eigenvalue weighted by molar-refractivity contribution is 0.00639. The van der Waals surface area contributed by atoms with Crippen LogP contribution in [0.5, 0.6) is 0 Å². The number of fused-ring (bicyclic) bond motifs is 2. The number of anilines is 1. The average molecular weight is 574 g/mol. The van der Waals surface area contributed by atoms with E-state index in [1.807, 2.05) is 0 Å². The molecule has 2 unspecified atom stereocenters. The molecule has 0 aliphatic rings. The molecule has 3 rings (SSSR count). The topological polar surface area (TPSA) is 100 Å². The highest BCUT2D eigenvalue weighted by molar-refractivity contribution is 6.84. The molecule has 0 bridgehead atoms. The third-order valence-electron chi connectivity index (χ3n) is 6.77. The van der Waals surface area contributed by atoms with E-state index in [0.717, 1.165) is 30.6 Å². The molecule has 0 fully saturated rings. The highest BCUT2D eigenvalue weighted by atomic mass is 28.4. The van der Waals surface area contributed by atoms with Gasteiger partial charge in [0.15, 0.2) is 16.6 Å². The number of nitrogens with one attached hydrogen (secondary N) is 1. The molecule has 3 aromatic carbocycles. The molecule has 0 aliphatic heterocycles. The monoisotopic (exact) mass is 573 g/mol. The first-order chi connectivity index (χ1) is 18.6. The molecule has 4 N–H and O–H groups in total. The number of rotatable bonds is 18. The van der Waals surface area contributed by atoms with Crippen molar-refractivity contribution >= 4 is 43.9 Å². The summed E-state index contributed by atoms with van der Waals surface area (Å²) in [5.74, 6) is 0. The summed E-state index contributed by atoms with van der Waals surface area (Å²) in [6, 6.07) is 21.1. The second-order valence-corrected chi connectivity index (χ2v) is 20.5. The fraction of sp³-hybridized carbons (Fsp3) is 0.533. The normalized spacial score (nSPS) is 14.1. The minimum absolute atomic E-state index is 0.172. The number of benzene rings is 3. The number of ether oxygens (including phenoxy) is 2. The maximum Gasteiger partial charge on any atom is 0.173 e. The second-order valence-electron chi connectivity index (χ2n) is 11.6. The summed E-state index contributed by atoms with van der Waals surface area (Å²) in [6.07, 6.45) is 0.437. The molecule has 0 aliphatic carbocycles. The maximum atomic E-state index is 10.4. The van der Waals surface area contributed by atoms with Crippen molar-refractivity contribution in [3.8, 4) is 0 Å². The standard InChI is InChI=1S/C30H47NO6Si2/c1-38(2,37-39(3,4)16-8-14-36-23-30(34)21-32)15-7-13-35-22-29(33)20-31-28-12-11-26-17-24-9-5-6-10-25(24)18-27(26)19-28/h5-6,9-12,17-19,29-34H,7-8,13-16,20-23H2,1-4H3. The first-order valence-corrected chi connectivity index (χ1v) is 20.3. The van der Waals surface area contributed by atoms with E-state index in [2.05, 4.69) is 86.1 Å². The molecule has 216 valence electrons. The summed E-state index contributed by atoms with van der Waals surface area (Å²) >= 11 is 0. The van der Waals surface area contributed by atoms with Crippen molar-refractivity contribution in [2.24, 2.45) is 0 Å². The minimum atomic E-state index is -1.81. The SMILES string of the molecule is C[Si](C)(CCCOCC(O)CO)O[Si](C)(C)CCCOCC(O)CNc1ccc2cc3ccccc3cc2c1. The van der Waals surface area contributed by atoms with Crippen molar-refractivity contribution in [1.82, 2.24) is 0 Å². The molecule has 0 spiro atoms. The molecular weight excluding hydrogens is 527 g/mol. The van der Waals surface area contributed by atoms with Crippen molar-refractivity contribution < 1.29 is 28.9 Å². The van der Waals surface area contributed by atoms with Gasteiger partial charge in [0.1, 0.15) is 6.10 Å². The van der Waals surface area contributed by atoms with Gasteiger partial charge in [-0.1, -0.05) is 30.3 Å². The Balaban J connectivity index is 1.31. The van der Waals surface area contributed by atoms with E-state index in [0.29, 0.717) is 26.4 Å². The van der Waals surface area contributed by atoms with Crippen LogP contribution >= 0.6 is 0 Å². The number of aliphatic hydroxyl groups excluding tert-OH is 3. The van der Waals surface area contributed by atoms with Crippen LogP contribution in [0.1, 0.15) is 12.8 Å². The summed E-state index contributed by atoms with van der Waals surface area (Å²) < 4.78 is 17.9. The highest BCUT2D eigenvalue weighted by Crippen LogP contribution is 2.26. The van der Waals surface area contributed by atoms with E-state index in [-0.39, 0.29) is 13.2 Å². The molecule has 0 aromatic heterocycles. The minimum Gasteiger partial charge on any atom is -0.455 e. The van der Waals surface area contributed by atoms with Crippen LogP contribution in [0.2, 0.25) is 38.3 Å². The van der Waals surface area contributed by atoms with Gasteiger partial charge in [-0.15, -0.1) is 0 Å². The molecule has 2 atom stereocenters. The Morgan fingerprint density at radius 1 is 0.718 bits per heavy atom. The van der Waals surface area contributed by atoms with Gasteiger partial charge in [-0.2, -0.15) is 0 Å². The molecule has 39 heavy (non-hydrogen) atoms. The molecule has 0 heterocycles. The Kier molecular flexibility index (Phi) is 12.4. The number of hydrogen-bond acceptors (Lipinski definition) is 7. The lowest BCUT2D eigenvalue weighted by Gasteiger charge is -2.34. The van der Waals surface area contributed by atoms with Crippen molar-refractivity contribution in [2.75, 3.05) is 44.9 Å². The van der Waals surface area contributed by atoms with Crippen LogP contribution in [0.25, 0.3) is 21.5 Å². The number of aliphatic hydroxyl groups is 3. The fourth-order valence-electron chi connectivity index (χ4n) is 4.89. The predicted octanol–water partition coefficient (Wildman–Crippen LogP) is 5.36. The zero-order chi connectivity index (χ0) is 28.3. The summed E-state index contributed by atoms with van der Waals surface area (Å²) in [7, 11) is -3.62. The summed E-state index contributed by atoms with van der Waals surface area (Å²) in [5.41, 5.74) is 0.989. The smallest absolute Gasteiger partial charge is 0.173 e. The van der Waals surface area contributed by atoms with Crippen molar-refractivity contribution in [2.45, 2.75) is 63.3 Å². The van der Waals surface area contributed by atoms with Gasteiger partial charge in [0.25, 0.3) is 0 Å². The maximum absolute atomic E-state index is 10.4. The molecule has 3 aromatic rings. The van der Waals surface area contributed by atoms with Gasteiger partial charge in [0, 0.05) is 25.4 Å². The fourth-order valence-corrected chi connectivity index (χ4v) is 13.7. The average Bonchev–Trinajstić information content (AvgIpc) is 2.89. The summed E-state index contributed by atoms with van der Waals surface area (Å²) in [4.78, 5) is 0. The van der Waals surface area contributed by atoms with Gasteiger partial charge in [-0.3, -0.25) is 0 Å². The predicted molar refractivity (Wildman–Crippen MR) is 166 cm³/mol. The Morgan fingerprint density at radius 3 is 1.85 bits per heavy atom. The van der Waals surface area contributed by atoms with Gasteiger partial charge in [-0.05, 0) is 96.9 Å². The Hall–Kier alpha value is -1.83. The Morgan fingerprint density at radius 2 is 1.26 bits per heavy atom. The number of hydrogen-bond donors (Lipinski definition) is 4. The van der Waals surface area contributed by atoms with Gasteiger partial charge in [-0.25, -0.2) is 0 Å². The van der Waals surface area contributed by atoms with Gasteiger partial charge in [0.2, 0.25) is 0 Å². The van der Waals surface area contributed by atoms with Crippen LogP contribution in [0, 0.1) is 0 Å². The van der Waals surface area contributed by atoms with Crippen LogP contribution in [0.3, 0.4) is 0 Å². The molecule has 0 saturated heterocycles. The van der Waals surface area contributed by atoms with Gasteiger partial charge in [0.05, 0.1) is 25.9 Å². The Bertz CT molecular complexity index is 1160. The zero-order valence-electron chi connectivity index (χ0n) is 24.0. The molecule has 0 saturated carbocycles. The van der Waals surface area contributed by atoms with Crippen LogP contribution in [0.4, 0.5) is 5.69 Å². The van der Waals surface area contributed by atoms with E-state index in [1.54, 1.807) is 0 Å². The van der Waals surface area contributed by atoms with Crippen molar-refractivity contribution in [1.29, 1.82) is 0 Å². The van der Waals surface area contributed by atoms with Crippen molar-refractivity contribution in [3.63, 3.8) is 0 Å². The van der Waals surface area contributed by atoms with E-state index < -0.39 is 28.8 Å². The molecule has 0 amide bonds. The first kappa shape index (κ1) is 31.7. The largest absolute Gasteiger partial charge is 0.455 e. The molecule has 0 radical (unpaired) electrons. The van der Waals surface area contributed by atoms with Gasteiger partial charge < -0.3 is 34.2 Å². The van der Waals surface area contributed by atoms with Gasteiger partial charge >= 0.3 is 0 Å². The van der Waals surface area contributed by atoms with Crippen LogP contribution in [0.15, 0.2) is 54.6 Å². The Labute approximate surface area is 235 Å². The van der Waals surface area contributed by atoms with E-state index >= 15 is 0 Å². The van der Waals surface area contributed by atoms with Crippen LogP contribution in [-0.4, -0.2) is 83.7 Å². The van der Waals surface area contributed by atoms with E-state index in [9.17, 15) is 10.2 Å². The summed E-state index contributed by atoms with van der Waals surface area (Å²) in [5, 5.41) is 36.8. The molecular formula is C30H47NO6Si2. The zero-order valence-corrected chi connectivity index (χ0v) is 26.0. The lowest BCUT2D eigenvalue weighted by Crippen LogP contribution is -2.44. The van der Waals surface area contributed by atoms with E-state index in [4.69, 9.17) is 18.7 Å². The quantitative estimate of drug-likeness (QED) is 0.0924. The van der Waals surface area contributed by atoms with Crippen LogP contribution < -0.4 is 5.32 Å². The first-order valence-electron chi connectivity index (χ1n) is 14.1. The second kappa shape index (κ2) is 15.2. The third kappa shape index (κ3) is 11.3. The van der Waals surface area contributed by atoms with E-state index in [1.165, 1.54) is 21.5 Å². The summed E-state index contributed by atoms with van der Waals surface area (Å²) in [6.45, 7) is 10.9. The van der Waals surface area contributed by atoms with Crippen molar-refractivity contribution in [3.05, 3.63) is 54.6 Å². The molecule has 7 nitrogen and oxygen atoms in total. The van der Waals surface area contributed by atoms with Crippen LogP contribution in [-0.2, 0) is 13.6 Å². The highest BCUT2D eigenvalue weighted by Gasteiger charge is 2.32. The third-order valence-corrected chi connectivity index (χ3v) is 14.3.